The van der Waals surface area contributed by atoms with Crippen LogP contribution in [-0.2, 0) is 30.7 Å². The highest BCUT2D eigenvalue weighted by Gasteiger charge is 2.35. The molecule has 1 aromatic heterocycles. The van der Waals surface area contributed by atoms with Crippen LogP contribution in [0.4, 0.5) is 15.8 Å². The number of fused-ring (bicyclic) bond motifs is 3. The van der Waals surface area contributed by atoms with E-state index in [1.165, 1.54) is 17.7 Å². The highest BCUT2D eigenvalue weighted by molar-refractivity contribution is 6.12. The Balaban J connectivity index is 1.13. The fraction of sp³-hybridized carbons (Fsp3) is 0.318. The van der Waals surface area contributed by atoms with E-state index in [-0.39, 0.29) is 24.6 Å². The van der Waals surface area contributed by atoms with Crippen molar-refractivity contribution >= 4 is 23.2 Å². The molecule has 1 atom stereocenters. The van der Waals surface area contributed by atoms with E-state index in [1.54, 1.807) is 17.0 Å². The molecule has 1 fully saturated rings. The van der Waals surface area contributed by atoms with Crippen LogP contribution in [0.15, 0.2) is 97.1 Å². The Morgan fingerprint density at radius 2 is 1.54 bits per heavy atom. The number of carbonyl (C=O) groups is 2. The molecule has 0 saturated carbocycles. The van der Waals surface area contributed by atoms with Gasteiger partial charge in [-0.15, -0.1) is 0 Å². The van der Waals surface area contributed by atoms with Crippen molar-refractivity contribution in [2.45, 2.75) is 51.2 Å². The number of halogens is 1. The summed E-state index contributed by atoms with van der Waals surface area (Å²) in [7, 11) is 0. The van der Waals surface area contributed by atoms with Crippen LogP contribution in [0.3, 0.4) is 0 Å². The van der Waals surface area contributed by atoms with Gasteiger partial charge in [-0.3, -0.25) is 19.4 Å². The maximum atomic E-state index is 15.2. The molecule has 0 N–H and O–H groups in total. The molecular formula is C44H43FN4O5. The summed E-state index contributed by atoms with van der Waals surface area (Å²) in [5.74, 6) is 0.350. The molecule has 9 rings (SSSR count). The number of nitrogens with zero attached hydrogens (tertiary/aromatic N) is 4. The molecular weight excluding hydrogens is 684 g/mol. The van der Waals surface area contributed by atoms with E-state index in [9.17, 15) is 9.18 Å². The molecule has 1 saturated heterocycles. The molecule has 9 nitrogen and oxygen atoms in total. The Kier molecular flexibility index (Phi) is 9.38. The van der Waals surface area contributed by atoms with Crippen molar-refractivity contribution in [3.8, 4) is 22.8 Å². The van der Waals surface area contributed by atoms with Crippen LogP contribution in [0.25, 0.3) is 11.3 Å². The van der Waals surface area contributed by atoms with Crippen LogP contribution in [0.2, 0.25) is 0 Å². The number of morpholine rings is 1. The van der Waals surface area contributed by atoms with Gasteiger partial charge < -0.3 is 23.7 Å². The first kappa shape index (κ1) is 34.3. The van der Waals surface area contributed by atoms with Gasteiger partial charge in [0.05, 0.1) is 30.0 Å². The lowest BCUT2D eigenvalue weighted by Crippen LogP contribution is -2.47. The number of rotatable bonds is 8. The predicted octanol–water partition coefficient (Wildman–Crippen LogP) is 7.63. The summed E-state index contributed by atoms with van der Waals surface area (Å²) < 4.78 is 34.2. The van der Waals surface area contributed by atoms with Crippen molar-refractivity contribution in [1.29, 1.82) is 0 Å². The second kappa shape index (κ2) is 14.8. The van der Waals surface area contributed by atoms with Crippen molar-refractivity contribution in [2.75, 3.05) is 44.5 Å². The molecule has 2 amide bonds. The number of hydrogen-bond donors (Lipinski definition) is 0. The zero-order chi connectivity index (χ0) is 36.6. The zero-order valence-electron chi connectivity index (χ0n) is 30.2. The number of benzene rings is 4. The van der Waals surface area contributed by atoms with Crippen LogP contribution < -0.4 is 14.4 Å². The van der Waals surface area contributed by atoms with Crippen LogP contribution >= 0.6 is 0 Å². The van der Waals surface area contributed by atoms with Crippen molar-refractivity contribution in [3.05, 3.63) is 131 Å². The molecule has 0 unspecified atom stereocenters. The molecule has 5 heterocycles. The zero-order valence-corrected chi connectivity index (χ0v) is 30.2. The summed E-state index contributed by atoms with van der Waals surface area (Å²) in [4.78, 5) is 36.0. The van der Waals surface area contributed by atoms with Gasteiger partial charge in [0.2, 0.25) is 6.79 Å². The summed E-state index contributed by atoms with van der Waals surface area (Å²) in [6.45, 7) is 5.41. The molecule has 4 aliphatic heterocycles. The topological polar surface area (TPSA) is 76.5 Å². The Morgan fingerprint density at radius 3 is 2.35 bits per heavy atom. The first-order chi connectivity index (χ1) is 26.5. The van der Waals surface area contributed by atoms with E-state index in [0.717, 1.165) is 75.5 Å². The lowest BCUT2D eigenvalue weighted by molar-refractivity contribution is 0.0308. The van der Waals surface area contributed by atoms with Crippen LogP contribution in [-0.4, -0.2) is 71.9 Å². The van der Waals surface area contributed by atoms with E-state index < -0.39 is 5.82 Å². The molecule has 276 valence electrons. The van der Waals surface area contributed by atoms with E-state index >= 15 is 4.79 Å². The molecule has 0 bridgehead atoms. The van der Waals surface area contributed by atoms with Gasteiger partial charge >= 0.3 is 0 Å². The second-order valence-corrected chi connectivity index (χ2v) is 14.5. The number of carbonyl (C=O) groups excluding carboxylic acids is 2. The summed E-state index contributed by atoms with van der Waals surface area (Å²) >= 11 is 0. The highest BCUT2D eigenvalue weighted by atomic mass is 19.1. The average Bonchev–Trinajstić information content (AvgIpc) is 3.84. The molecule has 54 heavy (non-hydrogen) atoms. The van der Waals surface area contributed by atoms with Crippen molar-refractivity contribution < 1.29 is 28.2 Å². The maximum Gasteiger partial charge on any atom is 0.264 e. The molecule has 0 aliphatic carbocycles. The van der Waals surface area contributed by atoms with E-state index in [2.05, 4.69) is 27.7 Å². The predicted molar refractivity (Wildman–Crippen MR) is 204 cm³/mol. The van der Waals surface area contributed by atoms with Crippen LogP contribution in [0.5, 0.6) is 11.5 Å². The Bertz CT molecular complexity index is 2200. The molecule has 4 aromatic carbocycles. The average molecular weight is 727 g/mol. The molecule has 10 heteroatoms. The lowest BCUT2D eigenvalue weighted by atomic mass is 9.90. The molecule has 5 aromatic rings. The summed E-state index contributed by atoms with van der Waals surface area (Å²) in [6.07, 6.45) is 4.19. The molecule has 0 spiro atoms. The Morgan fingerprint density at radius 1 is 0.778 bits per heavy atom. The largest absolute Gasteiger partial charge is 0.454 e. The van der Waals surface area contributed by atoms with Gasteiger partial charge in [0.1, 0.15) is 5.82 Å². The minimum Gasteiger partial charge on any atom is -0.454 e. The normalized spacial score (nSPS) is 17.9. The van der Waals surface area contributed by atoms with Crippen LogP contribution in [0.1, 0.15) is 56.8 Å². The number of anilines is 2. The van der Waals surface area contributed by atoms with Crippen molar-refractivity contribution in [1.82, 2.24) is 14.4 Å². The summed E-state index contributed by atoms with van der Waals surface area (Å²) in [5, 5.41) is 0. The van der Waals surface area contributed by atoms with E-state index in [1.807, 2.05) is 59.5 Å². The smallest absolute Gasteiger partial charge is 0.264 e. The SMILES string of the molecule is O=C(c1cc(-c2cc3c(cc2C(=O)N2Cc4ccccc4C[C@H]2CCN2CCOCC2)OCO3)n2c1CCCC2)N(c1ccccc1)c1cccc(F)c1. The highest BCUT2D eigenvalue weighted by Crippen LogP contribution is 2.43. The van der Waals surface area contributed by atoms with Crippen molar-refractivity contribution in [2.24, 2.45) is 0 Å². The van der Waals surface area contributed by atoms with Gasteiger partial charge in [0.25, 0.3) is 11.8 Å². The van der Waals surface area contributed by atoms with Crippen LogP contribution in [0, 0.1) is 5.82 Å². The monoisotopic (exact) mass is 726 g/mol. The van der Waals surface area contributed by atoms with Gasteiger partial charge in [-0.2, -0.15) is 0 Å². The van der Waals surface area contributed by atoms with E-state index in [0.29, 0.717) is 59.1 Å². The lowest BCUT2D eigenvalue weighted by Gasteiger charge is -2.39. The first-order valence-electron chi connectivity index (χ1n) is 19.0. The van der Waals surface area contributed by atoms with Gasteiger partial charge in [-0.25, -0.2) is 4.39 Å². The summed E-state index contributed by atoms with van der Waals surface area (Å²) in [5.41, 5.74) is 6.96. The first-order valence-corrected chi connectivity index (χ1v) is 19.0. The molecule has 4 aliphatic rings. The number of para-hydroxylation sites is 1. The van der Waals surface area contributed by atoms with Crippen molar-refractivity contribution in [3.63, 3.8) is 0 Å². The number of ether oxygens (including phenoxy) is 3. The van der Waals surface area contributed by atoms with Gasteiger partial charge in [0, 0.05) is 61.4 Å². The standard InChI is InChI=1S/C44H43FN4O5/c45-32-11-8-14-35(24-32)49(33-12-2-1-3-13-33)44(51)38-25-40(47-17-7-6-15-39(38)47)36-26-41-42(54-29-53-41)27-37(36)43(50)48-28-31-10-5-4-9-30(31)23-34(48)16-18-46-19-21-52-22-20-46/h1-5,8-14,24-27,34H,6-7,15-23,28-29H2/t34-/m1/s1. The molecule has 0 radical (unpaired) electrons. The fourth-order valence-electron chi connectivity index (χ4n) is 8.51. The minimum atomic E-state index is -0.423. The Labute approximate surface area is 314 Å². The third kappa shape index (κ3) is 6.54. The maximum absolute atomic E-state index is 15.2. The Hall–Kier alpha value is -5.45. The minimum absolute atomic E-state index is 0.00224. The number of amides is 2. The fourth-order valence-corrected chi connectivity index (χ4v) is 8.51. The second-order valence-electron chi connectivity index (χ2n) is 14.5. The number of aromatic nitrogens is 1. The quantitative estimate of drug-likeness (QED) is 0.164. The van der Waals surface area contributed by atoms with Gasteiger partial charge in [-0.1, -0.05) is 48.5 Å². The summed E-state index contributed by atoms with van der Waals surface area (Å²) in [6, 6.07) is 29.5. The van der Waals surface area contributed by atoms with Gasteiger partial charge in [-0.05, 0) is 91.8 Å². The third-order valence-corrected chi connectivity index (χ3v) is 11.3. The van der Waals surface area contributed by atoms with Gasteiger partial charge in [0.15, 0.2) is 11.5 Å². The number of hydrogen-bond acceptors (Lipinski definition) is 6. The third-order valence-electron chi connectivity index (χ3n) is 11.3. The van der Waals surface area contributed by atoms with E-state index in [4.69, 9.17) is 14.2 Å².